The largest absolute Gasteiger partial charge is 0.506 e. The number of carbonyl (C=O) groups is 3. The molecule has 0 atom stereocenters. The fourth-order valence-corrected chi connectivity index (χ4v) is 1.53. The number of anilines is 3. The van der Waals surface area contributed by atoms with Crippen molar-refractivity contribution < 1.29 is 19.5 Å². The molecule has 0 unspecified atom stereocenters. The van der Waals surface area contributed by atoms with E-state index < -0.39 is 17.7 Å². The number of amides is 3. The number of phenols is 1. The van der Waals surface area contributed by atoms with Crippen LogP contribution < -0.4 is 33.2 Å². The van der Waals surface area contributed by atoms with Crippen molar-refractivity contribution in [2.24, 2.45) is 17.2 Å². The quantitative estimate of drug-likeness (QED) is 0.236. The molecule has 0 radical (unpaired) electrons. The molecule has 0 aliphatic carbocycles. The summed E-state index contributed by atoms with van der Waals surface area (Å²) < 4.78 is 0. The molecule has 0 bridgehead atoms. The number of nitrogens with one attached hydrogen (secondary N) is 3. The highest BCUT2D eigenvalue weighted by Crippen LogP contribution is 2.38. The maximum absolute atomic E-state index is 11.5. The molecule has 10 nitrogen and oxygen atoms in total. The van der Waals surface area contributed by atoms with Crippen LogP contribution in [0, 0.1) is 0 Å². The topological polar surface area (TPSA) is 186 Å². The van der Waals surface area contributed by atoms with Gasteiger partial charge in [-0.25, -0.2) is 0 Å². The Morgan fingerprint density at radius 3 is 1.77 bits per heavy atom. The molecule has 22 heavy (non-hydrogen) atoms. The van der Waals surface area contributed by atoms with Crippen LogP contribution in [-0.4, -0.2) is 42.5 Å². The highest BCUT2D eigenvalue weighted by atomic mass is 16.3. The van der Waals surface area contributed by atoms with Gasteiger partial charge in [0.1, 0.15) is 11.4 Å². The first-order chi connectivity index (χ1) is 10.4. The van der Waals surface area contributed by atoms with Gasteiger partial charge in [-0.1, -0.05) is 0 Å². The second-order valence-electron chi connectivity index (χ2n) is 4.14. The van der Waals surface area contributed by atoms with E-state index in [9.17, 15) is 19.5 Å². The lowest BCUT2D eigenvalue weighted by molar-refractivity contribution is -0.116. The van der Waals surface area contributed by atoms with Gasteiger partial charge in [0.05, 0.1) is 31.0 Å². The molecule has 1 aromatic rings. The SMILES string of the molecule is NCC(=O)Nc1ccc(O)c(NC(=O)CN)c1NC(=O)CN. The van der Waals surface area contributed by atoms with E-state index in [4.69, 9.17) is 17.2 Å². The van der Waals surface area contributed by atoms with E-state index in [2.05, 4.69) is 16.0 Å². The summed E-state index contributed by atoms with van der Waals surface area (Å²) in [5, 5.41) is 17.0. The number of hydrogen-bond donors (Lipinski definition) is 7. The summed E-state index contributed by atoms with van der Waals surface area (Å²) in [6.07, 6.45) is 0. The second-order valence-corrected chi connectivity index (χ2v) is 4.14. The zero-order valence-electron chi connectivity index (χ0n) is 11.7. The van der Waals surface area contributed by atoms with Crippen molar-refractivity contribution in [2.75, 3.05) is 35.6 Å². The first-order valence-electron chi connectivity index (χ1n) is 6.28. The van der Waals surface area contributed by atoms with Crippen molar-refractivity contribution in [3.8, 4) is 5.75 Å². The molecule has 1 aromatic carbocycles. The lowest BCUT2D eigenvalue weighted by Gasteiger charge is -2.17. The van der Waals surface area contributed by atoms with Crippen molar-refractivity contribution >= 4 is 34.8 Å². The smallest absolute Gasteiger partial charge is 0.238 e. The summed E-state index contributed by atoms with van der Waals surface area (Å²) in [6, 6.07) is 2.57. The van der Waals surface area contributed by atoms with Crippen molar-refractivity contribution in [2.45, 2.75) is 0 Å². The summed E-state index contributed by atoms with van der Waals surface area (Å²) in [6.45, 7) is -0.942. The maximum atomic E-state index is 11.5. The standard InChI is InChI=1S/C12H18N6O4/c13-3-8(20)16-6-1-2-7(19)12(18-10(22)5-15)11(6)17-9(21)4-14/h1-2,19H,3-5,13-15H2,(H,16,20)(H,17,21)(H,18,22). The number of carbonyl (C=O) groups excluding carboxylic acids is 3. The first-order valence-corrected chi connectivity index (χ1v) is 6.28. The van der Waals surface area contributed by atoms with Gasteiger partial charge in [0.25, 0.3) is 0 Å². The maximum Gasteiger partial charge on any atom is 0.238 e. The number of nitrogens with two attached hydrogens (primary N) is 3. The number of phenolic OH excluding ortho intramolecular Hbond substituents is 1. The van der Waals surface area contributed by atoms with Gasteiger partial charge in [-0.2, -0.15) is 0 Å². The molecule has 0 fully saturated rings. The van der Waals surface area contributed by atoms with Crippen LogP contribution in [0.15, 0.2) is 12.1 Å². The molecule has 10 N–H and O–H groups in total. The fraction of sp³-hybridized carbons (Fsp3) is 0.250. The Labute approximate surface area is 126 Å². The zero-order chi connectivity index (χ0) is 16.7. The Morgan fingerprint density at radius 2 is 1.27 bits per heavy atom. The molecule has 0 aliphatic rings. The molecular formula is C12H18N6O4. The van der Waals surface area contributed by atoms with Gasteiger partial charge >= 0.3 is 0 Å². The van der Waals surface area contributed by atoms with Crippen molar-refractivity contribution in [1.29, 1.82) is 0 Å². The number of aromatic hydroxyl groups is 1. The second kappa shape index (κ2) is 7.93. The van der Waals surface area contributed by atoms with Crippen molar-refractivity contribution in [3.63, 3.8) is 0 Å². The lowest BCUT2D eigenvalue weighted by atomic mass is 10.2. The van der Waals surface area contributed by atoms with E-state index in [0.717, 1.165) is 0 Å². The zero-order valence-corrected chi connectivity index (χ0v) is 11.7. The highest BCUT2D eigenvalue weighted by Gasteiger charge is 2.18. The van der Waals surface area contributed by atoms with Gasteiger partial charge in [0, 0.05) is 0 Å². The Hall–Kier alpha value is -2.69. The Bertz CT molecular complexity index is 589. The molecule has 0 spiro atoms. The first kappa shape index (κ1) is 17.4. The Morgan fingerprint density at radius 1 is 0.818 bits per heavy atom. The van der Waals surface area contributed by atoms with Crippen LogP contribution in [0.2, 0.25) is 0 Å². The van der Waals surface area contributed by atoms with E-state index in [-0.39, 0.29) is 42.4 Å². The van der Waals surface area contributed by atoms with E-state index in [1.165, 1.54) is 12.1 Å². The Kier molecular flexibility index (Phi) is 6.25. The van der Waals surface area contributed by atoms with Gasteiger partial charge in [-0.3, -0.25) is 14.4 Å². The molecule has 120 valence electrons. The predicted molar refractivity (Wildman–Crippen MR) is 81.2 cm³/mol. The molecule has 3 amide bonds. The average molecular weight is 310 g/mol. The van der Waals surface area contributed by atoms with E-state index >= 15 is 0 Å². The van der Waals surface area contributed by atoms with Crippen LogP contribution in [0.4, 0.5) is 17.1 Å². The molecule has 1 rings (SSSR count). The molecule has 0 aliphatic heterocycles. The normalized spacial score (nSPS) is 9.95. The van der Waals surface area contributed by atoms with Gasteiger partial charge in [0.15, 0.2) is 0 Å². The van der Waals surface area contributed by atoms with Gasteiger partial charge in [0.2, 0.25) is 17.7 Å². The summed E-state index contributed by atoms with van der Waals surface area (Å²) in [5.41, 5.74) is 15.7. The minimum Gasteiger partial charge on any atom is -0.506 e. The van der Waals surface area contributed by atoms with Crippen LogP contribution in [0.5, 0.6) is 5.75 Å². The minimum atomic E-state index is -0.596. The minimum absolute atomic E-state index is 0.0148. The van der Waals surface area contributed by atoms with Gasteiger partial charge in [-0.15, -0.1) is 0 Å². The molecule has 10 heteroatoms. The third-order valence-corrected chi connectivity index (χ3v) is 2.54. The summed E-state index contributed by atoms with van der Waals surface area (Å²) in [4.78, 5) is 34.4. The predicted octanol–water partition coefficient (Wildman–Crippen LogP) is -1.92. The fourth-order valence-electron chi connectivity index (χ4n) is 1.53. The van der Waals surface area contributed by atoms with Gasteiger partial charge < -0.3 is 38.3 Å². The van der Waals surface area contributed by atoms with Crippen molar-refractivity contribution in [1.82, 2.24) is 0 Å². The van der Waals surface area contributed by atoms with E-state index in [1.54, 1.807) is 0 Å². The van der Waals surface area contributed by atoms with E-state index in [0.29, 0.717) is 0 Å². The molecule has 0 aromatic heterocycles. The molecule has 0 heterocycles. The lowest BCUT2D eigenvalue weighted by Crippen LogP contribution is -2.27. The Balaban J connectivity index is 3.31. The average Bonchev–Trinajstić information content (AvgIpc) is 2.52. The third-order valence-electron chi connectivity index (χ3n) is 2.54. The third kappa shape index (κ3) is 4.41. The monoisotopic (exact) mass is 310 g/mol. The summed E-state index contributed by atoms with van der Waals surface area (Å²) in [5.74, 6) is -2.03. The van der Waals surface area contributed by atoms with Gasteiger partial charge in [-0.05, 0) is 12.1 Å². The molecule has 0 saturated carbocycles. The summed E-state index contributed by atoms with van der Waals surface area (Å²) in [7, 11) is 0. The molecular weight excluding hydrogens is 292 g/mol. The van der Waals surface area contributed by atoms with Crippen LogP contribution in [-0.2, 0) is 14.4 Å². The number of rotatable bonds is 6. The summed E-state index contributed by atoms with van der Waals surface area (Å²) >= 11 is 0. The van der Waals surface area contributed by atoms with Crippen LogP contribution in [0.1, 0.15) is 0 Å². The van der Waals surface area contributed by atoms with Crippen LogP contribution in [0.3, 0.4) is 0 Å². The molecule has 0 saturated heterocycles. The van der Waals surface area contributed by atoms with E-state index in [1.807, 2.05) is 0 Å². The number of hydrogen-bond acceptors (Lipinski definition) is 7. The highest BCUT2D eigenvalue weighted by molar-refractivity contribution is 6.08. The van der Waals surface area contributed by atoms with Crippen LogP contribution in [0.25, 0.3) is 0 Å². The van der Waals surface area contributed by atoms with Crippen LogP contribution >= 0.6 is 0 Å². The number of benzene rings is 1. The van der Waals surface area contributed by atoms with Crippen molar-refractivity contribution in [3.05, 3.63) is 12.1 Å².